The number of aliphatic hydroxyl groups is 1. The third-order valence-electron chi connectivity index (χ3n) is 12.3. The summed E-state index contributed by atoms with van der Waals surface area (Å²) in [7, 11) is 5.32. The van der Waals surface area contributed by atoms with Crippen LogP contribution in [0.1, 0.15) is 55.7 Å². The number of nitrogens with one attached hydrogen (secondary N) is 1. The van der Waals surface area contributed by atoms with Gasteiger partial charge in [-0.05, 0) is 62.2 Å². The molecule has 8 atom stereocenters. The predicted octanol–water partition coefficient (Wildman–Crippen LogP) is 4.13. The van der Waals surface area contributed by atoms with Crippen molar-refractivity contribution in [2.75, 3.05) is 31.7 Å². The molecule has 1 amide bonds. The minimum atomic E-state index is -1.26. The first-order valence-corrected chi connectivity index (χ1v) is 20.8. The van der Waals surface area contributed by atoms with E-state index >= 15 is 0 Å². The van der Waals surface area contributed by atoms with Gasteiger partial charge in [0, 0.05) is 90.6 Å². The first-order chi connectivity index (χ1) is 26.0. The zero-order valence-corrected chi connectivity index (χ0v) is 32.0. The number of amides is 1. The van der Waals surface area contributed by atoms with E-state index < -0.39 is 28.7 Å². The van der Waals surface area contributed by atoms with Gasteiger partial charge in [0.15, 0.2) is 11.2 Å². The molecule has 3 aliphatic heterocycles. The number of aliphatic hydroxyl groups excluding tert-OH is 1. The molecular formula is C40H44N4O8S2. The Labute approximate surface area is 320 Å². The molecule has 0 bridgehead atoms. The lowest BCUT2D eigenvalue weighted by molar-refractivity contribution is -0.183. The number of allylic oxidation sites excluding steroid dienone is 1. The van der Waals surface area contributed by atoms with Crippen molar-refractivity contribution in [2.45, 2.75) is 80.4 Å². The van der Waals surface area contributed by atoms with Gasteiger partial charge in [-0.25, -0.2) is 14.6 Å². The van der Waals surface area contributed by atoms with Gasteiger partial charge < -0.3 is 39.7 Å². The van der Waals surface area contributed by atoms with Crippen LogP contribution in [-0.2, 0) is 32.0 Å². The molecule has 2 aromatic heterocycles. The number of nitrogen functional groups attached to an aromatic ring is 1. The van der Waals surface area contributed by atoms with Crippen LogP contribution in [0.5, 0.6) is 5.75 Å². The van der Waals surface area contributed by atoms with E-state index in [1.54, 1.807) is 52.9 Å². The molecule has 1 spiro atoms. The summed E-state index contributed by atoms with van der Waals surface area (Å²) in [6.07, 6.45) is 8.04. The molecule has 1 saturated heterocycles. The molecule has 2 fully saturated rings. The number of nitrogens with two attached hydrogens (primary N) is 1. The van der Waals surface area contributed by atoms with Gasteiger partial charge in [-0.1, -0.05) is 39.3 Å². The third-order valence-corrected chi connectivity index (χ3v) is 15.1. The molecule has 0 radical (unpaired) electrons. The van der Waals surface area contributed by atoms with Crippen LogP contribution in [-0.4, -0.2) is 87.6 Å². The van der Waals surface area contributed by atoms with Crippen LogP contribution >= 0.6 is 21.6 Å². The number of pyridine rings is 1. The molecule has 284 valence electrons. The SMILES string of the molecule is CC=C(CCO)C(=O)OC1(C)CC=C2CSSC3CC(C=O)C(NC)C4CN(C(=O)Cc5cnc(N)cc5C2C12Cc1cc5ccc(=O)oc5cc1O2)C34. The largest absolute Gasteiger partial charge is 0.481 e. The Balaban J connectivity index is 1.28. The molecule has 12 nitrogen and oxygen atoms in total. The van der Waals surface area contributed by atoms with Crippen LogP contribution in [0.4, 0.5) is 5.82 Å². The van der Waals surface area contributed by atoms with Gasteiger partial charge >= 0.3 is 11.6 Å². The van der Waals surface area contributed by atoms with Crippen LogP contribution in [0, 0.1) is 11.8 Å². The second-order valence-electron chi connectivity index (χ2n) is 15.2. The van der Waals surface area contributed by atoms with Crippen molar-refractivity contribution < 1.29 is 33.4 Å². The summed E-state index contributed by atoms with van der Waals surface area (Å²) in [6, 6.07) is 8.60. The zero-order chi connectivity index (χ0) is 37.9. The second kappa shape index (κ2) is 14.2. The highest BCUT2D eigenvalue weighted by molar-refractivity contribution is 8.77. The number of aromatic nitrogens is 1. The average Bonchev–Trinajstić information content (AvgIpc) is 3.50. The molecular weight excluding hydrogens is 729 g/mol. The molecule has 8 rings (SSSR count). The first kappa shape index (κ1) is 36.8. The minimum Gasteiger partial charge on any atom is -0.481 e. The van der Waals surface area contributed by atoms with Gasteiger partial charge in [0.05, 0.1) is 18.4 Å². The third kappa shape index (κ3) is 5.96. The van der Waals surface area contributed by atoms with Gasteiger partial charge in [0.25, 0.3) is 0 Å². The van der Waals surface area contributed by atoms with Crippen LogP contribution < -0.4 is 21.4 Å². The molecule has 1 aromatic carbocycles. The highest BCUT2D eigenvalue weighted by Gasteiger charge is 2.64. The van der Waals surface area contributed by atoms with Gasteiger partial charge in [-0.2, -0.15) is 0 Å². The highest BCUT2D eigenvalue weighted by atomic mass is 33.1. The Morgan fingerprint density at radius 2 is 2.07 bits per heavy atom. The van der Waals surface area contributed by atoms with Gasteiger partial charge in [0.1, 0.15) is 23.4 Å². The van der Waals surface area contributed by atoms with E-state index in [0.29, 0.717) is 54.0 Å². The monoisotopic (exact) mass is 772 g/mol. The smallest absolute Gasteiger partial charge is 0.336 e. The number of nitrogens with zero attached hydrogens (tertiary/aromatic N) is 2. The number of rotatable bonds is 6. The molecule has 2 aliphatic carbocycles. The topological polar surface area (TPSA) is 174 Å². The van der Waals surface area contributed by atoms with Crippen LogP contribution in [0.15, 0.2) is 69.0 Å². The lowest BCUT2D eigenvalue weighted by atomic mass is 9.61. The molecule has 5 heterocycles. The average molecular weight is 773 g/mol. The fourth-order valence-electron chi connectivity index (χ4n) is 9.59. The summed E-state index contributed by atoms with van der Waals surface area (Å²) in [5, 5.41) is 13.9. The van der Waals surface area contributed by atoms with Crippen molar-refractivity contribution in [2.24, 2.45) is 11.8 Å². The van der Waals surface area contributed by atoms with Crippen molar-refractivity contribution in [3.63, 3.8) is 0 Å². The maximum absolute atomic E-state index is 14.4. The summed E-state index contributed by atoms with van der Waals surface area (Å²) in [5.74, 6) is 0.272. The number of carbonyl (C=O) groups excluding carboxylic acids is 3. The quantitative estimate of drug-likeness (QED) is 0.0816. The van der Waals surface area contributed by atoms with Crippen molar-refractivity contribution in [3.05, 3.63) is 86.9 Å². The molecule has 8 unspecified atom stereocenters. The van der Waals surface area contributed by atoms with E-state index in [9.17, 15) is 24.3 Å². The highest BCUT2D eigenvalue weighted by Crippen LogP contribution is 2.59. The predicted molar refractivity (Wildman–Crippen MR) is 207 cm³/mol. The van der Waals surface area contributed by atoms with Crippen LogP contribution in [0.2, 0.25) is 0 Å². The number of aldehydes is 1. The van der Waals surface area contributed by atoms with Gasteiger partial charge in [-0.15, -0.1) is 0 Å². The summed E-state index contributed by atoms with van der Waals surface area (Å²) < 4.78 is 19.3. The number of carbonyl (C=O) groups is 3. The van der Waals surface area contributed by atoms with E-state index in [1.807, 2.05) is 31.0 Å². The van der Waals surface area contributed by atoms with Crippen molar-refractivity contribution >= 4 is 56.5 Å². The normalized spacial score (nSPS) is 31.8. The van der Waals surface area contributed by atoms with E-state index in [0.717, 1.165) is 28.4 Å². The molecule has 14 heteroatoms. The first-order valence-electron chi connectivity index (χ1n) is 18.4. The Morgan fingerprint density at radius 1 is 1.24 bits per heavy atom. The van der Waals surface area contributed by atoms with Crippen molar-refractivity contribution in [1.29, 1.82) is 0 Å². The van der Waals surface area contributed by atoms with Crippen molar-refractivity contribution in [1.82, 2.24) is 15.2 Å². The minimum absolute atomic E-state index is 0.0000284. The van der Waals surface area contributed by atoms with E-state index in [2.05, 4.69) is 16.4 Å². The number of hydrogen-bond acceptors (Lipinski definition) is 13. The van der Waals surface area contributed by atoms with E-state index in [-0.39, 0.29) is 60.3 Å². The summed E-state index contributed by atoms with van der Waals surface area (Å²) in [5.41, 5.74) is 7.54. The van der Waals surface area contributed by atoms with E-state index in [1.165, 1.54) is 6.07 Å². The number of esters is 1. The Morgan fingerprint density at radius 3 is 2.83 bits per heavy atom. The second-order valence-corrected chi connectivity index (χ2v) is 17.8. The number of benzene rings is 1. The van der Waals surface area contributed by atoms with E-state index in [4.69, 9.17) is 19.6 Å². The summed E-state index contributed by atoms with van der Waals surface area (Å²) >= 11 is 0. The standard InChI is InChI=1S/C40H44N4O8S2/c1-4-21(8-10-45)38(49)52-39(2)9-7-23-20-53-54-31-12-26(19-46)36(42-3)28-18-44(37(28)31)33(47)13-25-17-43-32(41)14-27(25)35(23)40(39)16-24-11-22-5-6-34(48)50-29(22)15-30(24)51-40/h4-7,11,14-15,17,19,26,28,31,35-37,42,45H,8-10,12-13,16,18,20H2,1-3H3,(H2,41,43). The summed E-state index contributed by atoms with van der Waals surface area (Å²) in [4.78, 5) is 59.2. The van der Waals surface area contributed by atoms with Gasteiger partial charge in [0.2, 0.25) is 5.91 Å². The number of hydrogen-bond donors (Lipinski definition) is 3. The molecule has 1 saturated carbocycles. The van der Waals surface area contributed by atoms with Crippen LogP contribution in [0.3, 0.4) is 0 Å². The zero-order valence-electron chi connectivity index (χ0n) is 30.4. The molecule has 3 aromatic rings. The van der Waals surface area contributed by atoms with Crippen LogP contribution in [0.25, 0.3) is 11.0 Å². The number of ether oxygens (including phenoxy) is 2. The fraction of sp³-hybridized carbons (Fsp3) is 0.475. The van der Waals surface area contributed by atoms with Crippen molar-refractivity contribution in [3.8, 4) is 5.75 Å². The number of anilines is 1. The maximum Gasteiger partial charge on any atom is 0.336 e. The molecule has 5 aliphatic rings. The summed E-state index contributed by atoms with van der Waals surface area (Å²) in [6.45, 7) is 3.97. The Kier molecular flexibility index (Phi) is 9.68. The Hall–Kier alpha value is -4.11. The maximum atomic E-state index is 14.4. The fourth-order valence-corrected chi connectivity index (χ4v) is 12.7. The Bertz CT molecular complexity index is 2160. The lowest BCUT2D eigenvalue weighted by Crippen LogP contribution is -2.72. The lowest BCUT2D eigenvalue weighted by Gasteiger charge is -2.58. The van der Waals surface area contributed by atoms with Gasteiger partial charge in [-0.3, -0.25) is 4.79 Å². The molecule has 54 heavy (non-hydrogen) atoms. The molecule has 4 N–H and O–H groups in total. The number of fused-ring (bicyclic) bond motifs is 6.